The lowest BCUT2D eigenvalue weighted by molar-refractivity contribution is 0.111. The van der Waals surface area contributed by atoms with E-state index in [2.05, 4.69) is 18.7 Å². The van der Waals surface area contributed by atoms with Crippen LogP contribution in [0.3, 0.4) is 0 Å². The van der Waals surface area contributed by atoms with Crippen LogP contribution in [-0.2, 0) is 0 Å². The van der Waals surface area contributed by atoms with Gasteiger partial charge in [0.15, 0.2) is 0 Å². The van der Waals surface area contributed by atoms with E-state index in [-0.39, 0.29) is 0 Å². The molecule has 0 bridgehead atoms. The Balaban J connectivity index is 1.84. The number of hydrogen-bond donors (Lipinski definition) is 1. The van der Waals surface area contributed by atoms with Gasteiger partial charge in [-0.3, -0.25) is 0 Å². The molecular formula is C12H24N2. The summed E-state index contributed by atoms with van der Waals surface area (Å²) < 4.78 is 0. The standard InChI is InChI=1S/C12H24N2/c1-12(2)4-3-6-14(7-5-12)11-8-10(13)9-11/h10-11H,3-9,13H2,1-2H3. The molecule has 0 radical (unpaired) electrons. The molecule has 0 amide bonds. The highest BCUT2D eigenvalue weighted by molar-refractivity contribution is 4.91. The first-order valence-electron chi connectivity index (χ1n) is 6.06. The van der Waals surface area contributed by atoms with Crippen LogP contribution < -0.4 is 5.73 Å². The van der Waals surface area contributed by atoms with E-state index in [4.69, 9.17) is 5.73 Å². The Labute approximate surface area is 87.8 Å². The van der Waals surface area contributed by atoms with E-state index in [1.54, 1.807) is 0 Å². The number of nitrogens with zero attached hydrogens (tertiary/aromatic N) is 1. The molecule has 0 aromatic carbocycles. The van der Waals surface area contributed by atoms with Crippen LogP contribution in [0.25, 0.3) is 0 Å². The van der Waals surface area contributed by atoms with Gasteiger partial charge in [0.05, 0.1) is 0 Å². The van der Waals surface area contributed by atoms with Crippen molar-refractivity contribution in [3.05, 3.63) is 0 Å². The Morgan fingerprint density at radius 2 is 1.86 bits per heavy atom. The van der Waals surface area contributed by atoms with E-state index in [0.29, 0.717) is 11.5 Å². The molecule has 1 saturated carbocycles. The van der Waals surface area contributed by atoms with Crippen LogP contribution in [0.2, 0.25) is 0 Å². The minimum absolute atomic E-state index is 0.497. The molecule has 2 rings (SSSR count). The van der Waals surface area contributed by atoms with Gasteiger partial charge in [-0.2, -0.15) is 0 Å². The fraction of sp³-hybridized carbons (Fsp3) is 1.00. The predicted molar refractivity (Wildman–Crippen MR) is 60.2 cm³/mol. The maximum Gasteiger partial charge on any atom is 0.0125 e. The van der Waals surface area contributed by atoms with Crippen molar-refractivity contribution in [2.75, 3.05) is 13.1 Å². The summed E-state index contributed by atoms with van der Waals surface area (Å²) in [6, 6.07) is 1.31. The lowest BCUT2D eigenvalue weighted by Crippen LogP contribution is -2.50. The van der Waals surface area contributed by atoms with Gasteiger partial charge in [-0.05, 0) is 50.6 Å². The zero-order valence-corrected chi connectivity index (χ0v) is 9.63. The molecule has 0 aromatic heterocycles. The van der Waals surface area contributed by atoms with Gasteiger partial charge in [0.1, 0.15) is 0 Å². The maximum atomic E-state index is 5.84. The summed E-state index contributed by atoms with van der Waals surface area (Å²) in [7, 11) is 0. The largest absolute Gasteiger partial charge is 0.328 e. The molecule has 0 atom stereocenters. The Hall–Kier alpha value is -0.0800. The quantitative estimate of drug-likeness (QED) is 0.695. The maximum absolute atomic E-state index is 5.84. The molecule has 2 fully saturated rings. The second kappa shape index (κ2) is 3.82. The van der Waals surface area contributed by atoms with Crippen LogP contribution in [0.15, 0.2) is 0 Å². The van der Waals surface area contributed by atoms with Crippen molar-refractivity contribution in [3.63, 3.8) is 0 Å². The fourth-order valence-corrected chi connectivity index (χ4v) is 2.74. The molecule has 1 aliphatic carbocycles. The van der Waals surface area contributed by atoms with Crippen molar-refractivity contribution in [2.45, 2.75) is 58.0 Å². The SMILES string of the molecule is CC1(C)CCCN(C2CC(N)C2)CC1. The minimum atomic E-state index is 0.497. The van der Waals surface area contributed by atoms with Gasteiger partial charge in [-0.25, -0.2) is 0 Å². The van der Waals surface area contributed by atoms with Crippen LogP contribution in [-0.4, -0.2) is 30.1 Å². The lowest BCUT2D eigenvalue weighted by atomic mass is 9.85. The van der Waals surface area contributed by atoms with Crippen molar-refractivity contribution >= 4 is 0 Å². The van der Waals surface area contributed by atoms with E-state index < -0.39 is 0 Å². The molecular weight excluding hydrogens is 172 g/mol. The first-order chi connectivity index (χ1) is 6.57. The molecule has 82 valence electrons. The molecule has 14 heavy (non-hydrogen) atoms. The van der Waals surface area contributed by atoms with E-state index in [9.17, 15) is 0 Å². The zero-order chi connectivity index (χ0) is 10.2. The topological polar surface area (TPSA) is 29.3 Å². The molecule has 0 unspecified atom stereocenters. The monoisotopic (exact) mass is 196 g/mol. The Morgan fingerprint density at radius 3 is 2.50 bits per heavy atom. The number of likely N-dealkylation sites (tertiary alicyclic amines) is 1. The van der Waals surface area contributed by atoms with Gasteiger partial charge in [-0.1, -0.05) is 13.8 Å². The number of rotatable bonds is 1. The van der Waals surface area contributed by atoms with E-state index >= 15 is 0 Å². The third-order valence-electron chi connectivity index (χ3n) is 4.04. The van der Waals surface area contributed by atoms with Gasteiger partial charge in [-0.15, -0.1) is 0 Å². The van der Waals surface area contributed by atoms with Gasteiger partial charge >= 0.3 is 0 Å². The molecule has 0 aromatic rings. The van der Waals surface area contributed by atoms with Crippen molar-refractivity contribution in [2.24, 2.45) is 11.1 Å². The lowest BCUT2D eigenvalue weighted by Gasteiger charge is -2.41. The zero-order valence-electron chi connectivity index (χ0n) is 9.63. The normalized spacial score (nSPS) is 38.8. The smallest absolute Gasteiger partial charge is 0.0125 e. The molecule has 2 heteroatoms. The summed E-state index contributed by atoms with van der Waals surface area (Å²) in [5.74, 6) is 0. The van der Waals surface area contributed by atoms with Gasteiger partial charge < -0.3 is 10.6 Å². The molecule has 2 nitrogen and oxygen atoms in total. The minimum Gasteiger partial charge on any atom is -0.328 e. The summed E-state index contributed by atoms with van der Waals surface area (Å²) >= 11 is 0. The highest BCUT2D eigenvalue weighted by atomic mass is 15.2. The van der Waals surface area contributed by atoms with Gasteiger partial charge in [0.25, 0.3) is 0 Å². The molecule has 1 aliphatic heterocycles. The third-order valence-corrected chi connectivity index (χ3v) is 4.04. The van der Waals surface area contributed by atoms with Gasteiger partial charge in [0.2, 0.25) is 0 Å². The molecule has 0 spiro atoms. The number of hydrogen-bond acceptors (Lipinski definition) is 2. The first-order valence-corrected chi connectivity index (χ1v) is 6.06. The van der Waals surface area contributed by atoms with Crippen LogP contribution in [0.4, 0.5) is 0 Å². The second-order valence-electron chi connectivity index (χ2n) is 5.94. The fourth-order valence-electron chi connectivity index (χ4n) is 2.74. The summed E-state index contributed by atoms with van der Waals surface area (Å²) in [5, 5.41) is 0. The van der Waals surface area contributed by atoms with E-state index in [0.717, 1.165) is 6.04 Å². The highest BCUT2D eigenvalue weighted by Crippen LogP contribution is 2.33. The van der Waals surface area contributed by atoms with E-state index in [1.165, 1.54) is 45.2 Å². The Kier molecular flexibility index (Phi) is 2.85. The summed E-state index contributed by atoms with van der Waals surface area (Å²) in [4.78, 5) is 2.68. The van der Waals surface area contributed by atoms with Crippen LogP contribution >= 0.6 is 0 Å². The Morgan fingerprint density at radius 1 is 1.14 bits per heavy atom. The number of nitrogens with two attached hydrogens (primary N) is 1. The second-order valence-corrected chi connectivity index (χ2v) is 5.94. The van der Waals surface area contributed by atoms with Crippen molar-refractivity contribution in [1.29, 1.82) is 0 Å². The average molecular weight is 196 g/mol. The van der Waals surface area contributed by atoms with E-state index in [1.807, 2.05) is 0 Å². The Bertz CT molecular complexity index is 194. The summed E-state index contributed by atoms with van der Waals surface area (Å²) in [6.07, 6.45) is 6.60. The van der Waals surface area contributed by atoms with Crippen molar-refractivity contribution in [3.8, 4) is 0 Å². The van der Waals surface area contributed by atoms with Crippen LogP contribution in [0.1, 0.15) is 46.0 Å². The van der Waals surface area contributed by atoms with Gasteiger partial charge in [0, 0.05) is 12.1 Å². The first kappa shape index (κ1) is 10.4. The van der Waals surface area contributed by atoms with Crippen LogP contribution in [0.5, 0.6) is 0 Å². The summed E-state index contributed by atoms with van der Waals surface area (Å²) in [5.41, 5.74) is 6.41. The van der Waals surface area contributed by atoms with Crippen molar-refractivity contribution < 1.29 is 0 Å². The molecule has 2 N–H and O–H groups in total. The van der Waals surface area contributed by atoms with Crippen LogP contribution in [0, 0.1) is 5.41 Å². The molecule has 1 heterocycles. The molecule has 1 saturated heterocycles. The highest BCUT2D eigenvalue weighted by Gasteiger charge is 2.33. The third kappa shape index (κ3) is 2.29. The van der Waals surface area contributed by atoms with Crippen molar-refractivity contribution in [1.82, 2.24) is 4.90 Å². The molecule has 2 aliphatic rings. The predicted octanol–water partition coefficient (Wildman–Crippen LogP) is 1.99. The average Bonchev–Trinajstić information content (AvgIpc) is 2.21. The summed E-state index contributed by atoms with van der Waals surface area (Å²) in [6.45, 7) is 7.41.